The number of rotatable bonds is 17. The topological polar surface area (TPSA) is 110 Å². The molecule has 0 amide bonds. The molecule has 31 heavy (non-hydrogen) atoms. The first-order valence-electron chi connectivity index (χ1n) is 10.6. The summed E-state index contributed by atoms with van der Waals surface area (Å²) in [5, 5.41) is 8.66. The SMILES string of the molecule is C=COC=C.CCCCCCCC/C=C\CCCCCCCCO.O=S(=O)([O-])[O-].[Na+].[Na+]. The van der Waals surface area contributed by atoms with Crippen LogP contribution in [0.2, 0.25) is 0 Å². The van der Waals surface area contributed by atoms with E-state index in [1.807, 2.05) is 0 Å². The Kier molecular flexibility index (Phi) is 51.7. The first-order valence-corrected chi connectivity index (χ1v) is 12.0. The molecule has 174 valence electrons. The zero-order valence-electron chi connectivity index (χ0n) is 20.2. The van der Waals surface area contributed by atoms with E-state index in [9.17, 15) is 0 Å². The quantitative estimate of drug-likeness (QED) is 0.0782. The molecule has 0 aromatic rings. The molecule has 0 saturated carbocycles. The normalized spacial score (nSPS) is 9.81. The molecule has 0 aliphatic carbocycles. The summed E-state index contributed by atoms with van der Waals surface area (Å²) < 4.78 is 38.4. The Morgan fingerprint density at radius 1 is 0.742 bits per heavy atom. The number of hydrogen-bond acceptors (Lipinski definition) is 6. The van der Waals surface area contributed by atoms with E-state index in [4.69, 9.17) is 22.6 Å². The minimum Gasteiger partial charge on any atom is -0.759 e. The molecular weight excluding hydrogens is 438 g/mol. The zero-order valence-corrected chi connectivity index (χ0v) is 25.0. The Morgan fingerprint density at radius 2 is 1.06 bits per heavy atom. The van der Waals surface area contributed by atoms with Crippen molar-refractivity contribution in [2.24, 2.45) is 0 Å². The van der Waals surface area contributed by atoms with Gasteiger partial charge in [-0.05, 0) is 32.1 Å². The van der Waals surface area contributed by atoms with Gasteiger partial charge >= 0.3 is 59.1 Å². The number of unbranched alkanes of at least 4 members (excludes halogenated alkanes) is 12. The average Bonchev–Trinajstić information content (AvgIpc) is 2.65. The van der Waals surface area contributed by atoms with Crippen molar-refractivity contribution in [3.63, 3.8) is 0 Å². The predicted octanol–water partition coefficient (Wildman–Crippen LogP) is -0.0238. The van der Waals surface area contributed by atoms with E-state index in [1.165, 1.54) is 96.0 Å². The summed E-state index contributed by atoms with van der Waals surface area (Å²) in [4.78, 5) is 0. The van der Waals surface area contributed by atoms with E-state index in [2.05, 4.69) is 37.0 Å². The molecular formula is C22H42Na2O6S. The Balaban J connectivity index is -0.000000157. The van der Waals surface area contributed by atoms with Crippen LogP contribution < -0.4 is 59.1 Å². The molecule has 9 heteroatoms. The molecule has 0 atom stereocenters. The third-order valence-electron chi connectivity index (χ3n) is 3.86. The van der Waals surface area contributed by atoms with Crippen LogP contribution in [0.5, 0.6) is 0 Å². The number of aliphatic hydroxyl groups is 1. The van der Waals surface area contributed by atoms with Crippen molar-refractivity contribution in [3.8, 4) is 0 Å². The maximum atomic E-state index is 8.66. The van der Waals surface area contributed by atoms with E-state index in [1.54, 1.807) is 0 Å². The van der Waals surface area contributed by atoms with Gasteiger partial charge in [0.1, 0.15) is 0 Å². The van der Waals surface area contributed by atoms with Crippen molar-refractivity contribution in [3.05, 3.63) is 37.8 Å². The van der Waals surface area contributed by atoms with Crippen molar-refractivity contribution in [2.45, 2.75) is 96.8 Å². The van der Waals surface area contributed by atoms with Crippen molar-refractivity contribution < 1.29 is 86.5 Å². The average molecular weight is 481 g/mol. The molecule has 1 N–H and O–H groups in total. The first kappa shape index (κ1) is 42.0. The first-order chi connectivity index (χ1) is 13.8. The molecule has 0 spiro atoms. The van der Waals surface area contributed by atoms with Gasteiger partial charge in [0.05, 0.1) is 12.5 Å². The Morgan fingerprint density at radius 3 is 1.35 bits per heavy atom. The third-order valence-corrected chi connectivity index (χ3v) is 3.86. The van der Waals surface area contributed by atoms with Crippen molar-refractivity contribution >= 4 is 10.4 Å². The van der Waals surface area contributed by atoms with Gasteiger partial charge in [-0.3, -0.25) is 8.42 Å². The van der Waals surface area contributed by atoms with Gasteiger partial charge in [-0.2, -0.15) is 0 Å². The molecule has 0 aliphatic heterocycles. The van der Waals surface area contributed by atoms with Crippen molar-refractivity contribution in [1.82, 2.24) is 0 Å². The summed E-state index contributed by atoms with van der Waals surface area (Å²) in [7, 11) is -5.17. The van der Waals surface area contributed by atoms with E-state index in [0.29, 0.717) is 6.61 Å². The fourth-order valence-corrected chi connectivity index (χ4v) is 2.43. The fraction of sp³-hybridized carbons (Fsp3) is 0.727. The molecule has 0 bridgehead atoms. The van der Waals surface area contributed by atoms with Crippen LogP contribution in [0, 0.1) is 0 Å². The minimum absolute atomic E-state index is 0. The number of hydrogen-bond donors (Lipinski definition) is 1. The monoisotopic (exact) mass is 480 g/mol. The van der Waals surface area contributed by atoms with E-state index < -0.39 is 10.4 Å². The van der Waals surface area contributed by atoms with Gasteiger partial charge in [0.15, 0.2) is 0 Å². The molecule has 0 fully saturated rings. The summed E-state index contributed by atoms with van der Waals surface area (Å²) in [6.07, 6.45) is 25.8. The summed E-state index contributed by atoms with van der Waals surface area (Å²) in [5.74, 6) is 0. The smallest absolute Gasteiger partial charge is 0.759 e. The molecule has 0 unspecified atom stereocenters. The summed E-state index contributed by atoms with van der Waals surface area (Å²) in [5.41, 5.74) is 0. The second-order valence-electron chi connectivity index (χ2n) is 6.54. The third kappa shape index (κ3) is 72.3. The van der Waals surface area contributed by atoms with Crippen LogP contribution in [0.15, 0.2) is 37.8 Å². The van der Waals surface area contributed by atoms with Gasteiger partial charge in [-0.15, -0.1) is 0 Å². The van der Waals surface area contributed by atoms with Gasteiger partial charge in [0, 0.05) is 17.0 Å². The molecule has 0 aromatic carbocycles. The molecule has 6 nitrogen and oxygen atoms in total. The van der Waals surface area contributed by atoms with Crippen molar-refractivity contribution in [1.29, 1.82) is 0 Å². The molecule has 0 aromatic heterocycles. The summed E-state index contributed by atoms with van der Waals surface area (Å²) in [6, 6.07) is 0. The maximum Gasteiger partial charge on any atom is 1.00 e. The van der Waals surface area contributed by atoms with E-state index in [0.717, 1.165) is 6.42 Å². The van der Waals surface area contributed by atoms with E-state index in [-0.39, 0.29) is 59.1 Å². The maximum absolute atomic E-state index is 8.66. The molecule has 0 radical (unpaired) electrons. The van der Waals surface area contributed by atoms with Crippen LogP contribution in [-0.2, 0) is 15.1 Å². The van der Waals surface area contributed by atoms with Gasteiger partial charge < -0.3 is 18.9 Å². The van der Waals surface area contributed by atoms with Crippen LogP contribution in [0.4, 0.5) is 0 Å². The predicted molar refractivity (Wildman–Crippen MR) is 118 cm³/mol. The van der Waals surface area contributed by atoms with Crippen molar-refractivity contribution in [2.75, 3.05) is 6.61 Å². The second-order valence-corrected chi connectivity index (χ2v) is 7.36. The number of ether oxygens (including phenoxy) is 1. The van der Waals surface area contributed by atoms with Gasteiger partial charge in [-0.25, -0.2) is 0 Å². The van der Waals surface area contributed by atoms with Gasteiger partial charge in [0.2, 0.25) is 0 Å². The standard InChI is InChI=1S/C18H36O.C4H6O.2Na.H2O4S/c1-2-3-4-5-6-7-8-9-10-11-12-13-14-15-16-17-18-19;1-3-5-4-2;;;1-5(2,3)4/h9-10,19H,2-8,11-18H2,1H3;3-4H,1-2H2;;;(H2,1,2,3,4)/q;;2*+1;/p-2/b10-9-;;;;. The van der Waals surface area contributed by atoms with Crippen LogP contribution in [0.1, 0.15) is 96.8 Å². The van der Waals surface area contributed by atoms with Crippen LogP contribution in [0.3, 0.4) is 0 Å². The molecule has 0 rings (SSSR count). The summed E-state index contributed by atoms with van der Waals surface area (Å²) in [6.45, 7) is 9.15. The molecule has 0 heterocycles. The Hall–Kier alpha value is 0.850. The van der Waals surface area contributed by atoms with Crippen LogP contribution >= 0.6 is 0 Å². The Labute approximate surface area is 236 Å². The minimum atomic E-state index is -5.17. The number of aliphatic hydroxyl groups excluding tert-OH is 1. The second kappa shape index (κ2) is 38.1. The number of allylic oxidation sites excluding steroid dienone is 2. The molecule has 0 saturated heterocycles. The largest absolute Gasteiger partial charge is 1.00 e. The summed E-state index contributed by atoms with van der Waals surface area (Å²) >= 11 is 0. The van der Waals surface area contributed by atoms with E-state index >= 15 is 0 Å². The van der Waals surface area contributed by atoms with Crippen LogP contribution in [-0.4, -0.2) is 29.2 Å². The molecule has 0 aliphatic rings. The Bertz CT molecular complexity index is 443. The zero-order chi connectivity index (χ0) is 22.6. The fourth-order valence-electron chi connectivity index (χ4n) is 2.43. The van der Waals surface area contributed by atoms with Crippen LogP contribution in [0.25, 0.3) is 0 Å². The van der Waals surface area contributed by atoms with Gasteiger partial charge in [0.25, 0.3) is 0 Å². The van der Waals surface area contributed by atoms with Gasteiger partial charge in [-0.1, -0.05) is 90.0 Å².